The third-order valence-corrected chi connectivity index (χ3v) is 1.11. The van der Waals surface area contributed by atoms with E-state index in [9.17, 15) is 4.79 Å². The lowest BCUT2D eigenvalue weighted by atomic mass is 10.1. The van der Waals surface area contributed by atoms with Crippen LogP contribution in [0.25, 0.3) is 0 Å². The molecule has 0 spiro atoms. The minimum atomic E-state index is -0.0811. The molecule has 0 heterocycles. The molecule has 0 amide bonds. The molecule has 2 nitrogen and oxygen atoms in total. The second kappa shape index (κ2) is 5.62. The maximum atomic E-state index is 11.1. The summed E-state index contributed by atoms with van der Waals surface area (Å²) in [4.78, 5) is 11.1. The van der Waals surface area contributed by atoms with Crippen molar-refractivity contribution in [1.82, 2.24) is 0 Å². The van der Waals surface area contributed by atoms with Crippen LogP contribution >= 0.6 is 0 Å². The van der Waals surface area contributed by atoms with E-state index in [0.29, 0.717) is 5.57 Å². The standard InChI is InChI=1S/C9H12O2/c1-4-6-8(5-2)9(10)7-11-3/h4-6H,1-2,7H2,3H3/b8-6+. The molecule has 0 saturated carbocycles. The normalized spacial score (nSPS) is 10.8. The topological polar surface area (TPSA) is 26.3 Å². The first-order chi connectivity index (χ1) is 5.26. The maximum absolute atomic E-state index is 11.1. The van der Waals surface area contributed by atoms with Crippen molar-refractivity contribution in [3.63, 3.8) is 0 Å². The molecular formula is C9H12O2. The van der Waals surface area contributed by atoms with Crippen LogP contribution < -0.4 is 0 Å². The molecule has 60 valence electrons. The van der Waals surface area contributed by atoms with Crippen LogP contribution in [0.2, 0.25) is 0 Å². The van der Waals surface area contributed by atoms with Crippen molar-refractivity contribution in [3.05, 3.63) is 37.0 Å². The van der Waals surface area contributed by atoms with Gasteiger partial charge in [0.15, 0.2) is 5.78 Å². The Morgan fingerprint density at radius 2 is 2.18 bits per heavy atom. The zero-order chi connectivity index (χ0) is 8.69. The highest BCUT2D eigenvalue weighted by Gasteiger charge is 2.02. The van der Waals surface area contributed by atoms with Crippen LogP contribution in [-0.2, 0) is 9.53 Å². The van der Waals surface area contributed by atoms with E-state index >= 15 is 0 Å². The van der Waals surface area contributed by atoms with Crippen molar-refractivity contribution in [3.8, 4) is 0 Å². The summed E-state index contributed by atoms with van der Waals surface area (Å²) in [7, 11) is 1.48. The average Bonchev–Trinajstić information content (AvgIpc) is 2.00. The minimum Gasteiger partial charge on any atom is -0.377 e. The van der Waals surface area contributed by atoms with Crippen LogP contribution in [0, 0.1) is 0 Å². The van der Waals surface area contributed by atoms with E-state index in [4.69, 9.17) is 0 Å². The molecule has 0 aliphatic heterocycles. The molecule has 0 bridgehead atoms. The summed E-state index contributed by atoms with van der Waals surface area (Å²) in [5.74, 6) is -0.0811. The second-order valence-corrected chi connectivity index (χ2v) is 1.92. The molecule has 0 saturated heterocycles. The highest BCUT2D eigenvalue weighted by atomic mass is 16.5. The summed E-state index contributed by atoms with van der Waals surface area (Å²) in [6.07, 6.45) is 4.64. The first kappa shape index (κ1) is 9.85. The minimum absolute atomic E-state index is 0.0811. The number of ether oxygens (including phenoxy) is 1. The SMILES string of the molecule is C=C/C=C(\C=C)C(=O)COC. The largest absolute Gasteiger partial charge is 0.377 e. The van der Waals surface area contributed by atoms with Gasteiger partial charge in [-0.3, -0.25) is 4.79 Å². The van der Waals surface area contributed by atoms with Crippen molar-refractivity contribution in [2.75, 3.05) is 13.7 Å². The van der Waals surface area contributed by atoms with Gasteiger partial charge in [0.05, 0.1) is 0 Å². The summed E-state index contributed by atoms with van der Waals surface area (Å²) in [5, 5.41) is 0. The molecule has 11 heavy (non-hydrogen) atoms. The zero-order valence-corrected chi connectivity index (χ0v) is 6.67. The molecule has 0 aliphatic rings. The molecule has 0 aromatic heterocycles. The number of methoxy groups -OCH3 is 1. The number of hydrogen-bond donors (Lipinski definition) is 0. The van der Waals surface area contributed by atoms with Gasteiger partial charge in [0, 0.05) is 12.7 Å². The Labute approximate surface area is 66.9 Å². The molecule has 2 heteroatoms. The molecule has 0 atom stereocenters. The molecule has 0 aliphatic carbocycles. The van der Waals surface area contributed by atoms with E-state index < -0.39 is 0 Å². The summed E-state index contributed by atoms with van der Waals surface area (Å²) >= 11 is 0. The van der Waals surface area contributed by atoms with E-state index in [1.807, 2.05) is 0 Å². The Bertz CT molecular complexity index is 190. The monoisotopic (exact) mass is 152 g/mol. The average molecular weight is 152 g/mol. The van der Waals surface area contributed by atoms with Gasteiger partial charge in [0.25, 0.3) is 0 Å². The summed E-state index contributed by atoms with van der Waals surface area (Å²) in [5.41, 5.74) is 0.529. The van der Waals surface area contributed by atoms with E-state index in [1.165, 1.54) is 13.2 Å². The van der Waals surface area contributed by atoms with Gasteiger partial charge in [-0.25, -0.2) is 0 Å². The molecule has 0 fully saturated rings. The summed E-state index contributed by atoms with van der Waals surface area (Å²) in [6, 6.07) is 0. The first-order valence-corrected chi connectivity index (χ1v) is 3.23. The van der Waals surface area contributed by atoms with Gasteiger partial charge in [0.1, 0.15) is 6.61 Å². The van der Waals surface area contributed by atoms with Gasteiger partial charge < -0.3 is 4.74 Å². The number of ketones is 1. The van der Waals surface area contributed by atoms with Crippen LogP contribution in [0.4, 0.5) is 0 Å². The van der Waals surface area contributed by atoms with Gasteiger partial charge in [-0.05, 0) is 0 Å². The Kier molecular flexibility index (Phi) is 5.03. The Morgan fingerprint density at radius 1 is 1.55 bits per heavy atom. The number of Topliss-reactive ketones (excluding diaryl/α,β-unsaturated/α-hetero) is 1. The fourth-order valence-electron chi connectivity index (χ4n) is 0.616. The van der Waals surface area contributed by atoms with Crippen molar-refractivity contribution in [1.29, 1.82) is 0 Å². The van der Waals surface area contributed by atoms with Crippen molar-refractivity contribution >= 4 is 5.78 Å². The predicted octanol–water partition coefficient (Wildman–Crippen LogP) is 1.50. The lowest BCUT2D eigenvalue weighted by Gasteiger charge is -1.97. The van der Waals surface area contributed by atoms with Gasteiger partial charge in [0.2, 0.25) is 0 Å². The number of rotatable bonds is 5. The summed E-state index contributed by atoms with van der Waals surface area (Å²) in [6.45, 7) is 7.05. The van der Waals surface area contributed by atoms with Crippen LogP contribution in [0.3, 0.4) is 0 Å². The maximum Gasteiger partial charge on any atom is 0.188 e. The number of carbonyl (C=O) groups is 1. The Morgan fingerprint density at radius 3 is 2.55 bits per heavy atom. The second-order valence-electron chi connectivity index (χ2n) is 1.92. The van der Waals surface area contributed by atoms with Crippen molar-refractivity contribution in [2.45, 2.75) is 0 Å². The Hall–Kier alpha value is -1.15. The fourth-order valence-corrected chi connectivity index (χ4v) is 0.616. The first-order valence-electron chi connectivity index (χ1n) is 3.23. The Balaban J connectivity index is 4.25. The fraction of sp³-hybridized carbons (Fsp3) is 0.222. The number of allylic oxidation sites excluding steroid dienone is 3. The molecular weight excluding hydrogens is 140 g/mol. The lowest BCUT2D eigenvalue weighted by Crippen LogP contribution is -2.07. The third kappa shape index (κ3) is 3.53. The van der Waals surface area contributed by atoms with Crippen LogP contribution in [0.15, 0.2) is 37.0 Å². The number of carbonyl (C=O) groups excluding carboxylic acids is 1. The van der Waals surface area contributed by atoms with E-state index in [0.717, 1.165) is 0 Å². The molecule has 0 radical (unpaired) electrons. The van der Waals surface area contributed by atoms with Gasteiger partial charge in [-0.2, -0.15) is 0 Å². The van der Waals surface area contributed by atoms with Crippen molar-refractivity contribution < 1.29 is 9.53 Å². The van der Waals surface area contributed by atoms with E-state index in [-0.39, 0.29) is 12.4 Å². The smallest absolute Gasteiger partial charge is 0.188 e. The third-order valence-electron chi connectivity index (χ3n) is 1.11. The molecule has 0 rings (SSSR count). The van der Waals surface area contributed by atoms with Gasteiger partial charge >= 0.3 is 0 Å². The quantitative estimate of drug-likeness (QED) is 0.441. The van der Waals surface area contributed by atoms with Crippen LogP contribution in [0.1, 0.15) is 0 Å². The molecule has 0 aromatic carbocycles. The predicted molar refractivity (Wildman–Crippen MR) is 45.4 cm³/mol. The van der Waals surface area contributed by atoms with Crippen LogP contribution in [0.5, 0.6) is 0 Å². The van der Waals surface area contributed by atoms with E-state index in [2.05, 4.69) is 17.9 Å². The number of hydrogen-bond acceptors (Lipinski definition) is 2. The van der Waals surface area contributed by atoms with Gasteiger partial charge in [-0.1, -0.05) is 31.4 Å². The molecule has 0 aromatic rings. The summed E-state index contributed by atoms with van der Waals surface area (Å²) < 4.78 is 4.66. The lowest BCUT2D eigenvalue weighted by molar-refractivity contribution is -0.118. The highest BCUT2D eigenvalue weighted by Crippen LogP contribution is 1.97. The molecule has 0 N–H and O–H groups in total. The van der Waals surface area contributed by atoms with Gasteiger partial charge in [-0.15, -0.1) is 0 Å². The van der Waals surface area contributed by atoms with Crippen LogP contribution in [-0.4, -0.2) is 19.5 Å². The zero-order valence-electron chi connectivity index (χ0n) is 6.67. The molecule has 0 unspecified atom stereocenters. The highest BCUT2D eigenvalue weighted by molar-refractivity contribution is 5.99. The van der Waals surface area contributed by atoms with Crippen molar-refractivity contribution in [2.24, 2.45) is 0 Å². The van der Waals surface area contributed by atoms with E-state index in [1.54, 1.807) is 12.2 Å².